The van der Waals surface area contributed by atoms with Gasteiger partial charge in [-0.15, -0.1) is 6.58 Å². The largest absolute Gasteiger partial charge is 0.396 e. The van der Waals surface area contributed by atoms with E-state index in [-0.39, 0.29) is 17.9 Å². The van der Waals surface area contributed by atoms with E-state index in [4.69, 9.17) is 5.11 Å². The minimum atomic E-state index is -0.649. The lowest BCUT2D eigenvalue weighted by molar-refractivity contribution is -0.0865. The Hall–Kier alpha value is -0.340. The van der Waals surface area contributed by atoms with E-state index in [9.17, 15) is 5.11 Å². The Labute approximate surface area is 86.6 Å². The lowest BCUT2D eigenvalue weighted by atomic mass is 9.60. The molecule has 2 nitrogen and oxygen atoms in total. The number of allylic oxidation sites excluding steroid dienone is 1. The molecule has 1 rings (SSSR count). The van der Waals surface area contributed by atoms with Crippen LogP contribution in [0.3, 0.4) is 0 Å². The summed E-state index contributed by atoms with van der Waals surface area (Å²) < 4.78 is 0. The van der Waals surface area contributed by atoms with Crippen LogP contribution in [0.25, 0.3) is 0 Å². The smallest absolute Gasteiger partial charge is 0.0656 e. The lowest BCUT2D eigenvalue weighted by Gasteiger charge is -2.48. The molecule has 2 N–H and O–H groups in total. The van der Waals surface area contributed by atoms with E-state index >= 15 is 0 Å². The standard InChI is InChI=1S/C12H22O2/c1-4-11(2)7-5-8-12(3,14)10(11)6-9-13/h4,10,13-14H,1,5-9H2,2-3H3/t10-,11+,12?/m0/s1. The molecule has 0 aliphatic heterocycles. The molecule has 1 fully saturated rings. The first kappa shape index (κ1) is 11.7. The van der Waals surface area contributed by atoms with Gasteiger partial charge in [0, 0.05) is 6.61 Å². The van der Waals surface area contributed by atoms with Gasteiger partial charge in [0.25, 0.3) is 0 Å². The van der Waals surface area contributed by atoms with Crippen molar-refractivity contribution in [3.05, 3.63) is 12.7 Å². The molecular formula is C12H22O2. The van der Waals surface area contributed by atoms with Crippen molar-refractivity contribution in [3.63, 3.8) is 0 Å². The van der Waals surface area contributed by atoms with Gasteiger partial charge in [-0.1, -0.05) is 13.0 Å². The van der Waals surface area contributed by atoms with Crippen LogP contribution in [-0.2, 0) is 0 Å². The van der Waals surface area contributed by atoms with E-state index in [0.717, 1.165) is 19.3 Å². The summed E-state index contributed by atoms with van der Waals surface area (Å²) in [6, 6.07) is 0. The summed E-state index contributed by atoms with van der Waals surface area (Å²) in [6.07, 6.45) is 5.55. The van der Waals surface area contributed by atoms with Gasteiger partial charge in [0.15, 0.2) is 0 Å². The van der Waals surface area contributed by atoms with Crippen molar-refractivity contribution in [2.24, 2.45) is 11.3 Å². The topological polar surface area (TPSA) is 40.5 Å². The van der Waals surface area contributed by atoms with Gasteiger partial charge in [-0.05, 0) is 43.9 Å². The zero-order valence-corrected chi connectivity index (χ0v) is 9.29. The molecule has 1 saturated carbocycles. The summed E-state index contributed by atoms with van der Waals surface area (Å²) in [6.45, 7) is 8.02. The van der Waals surface area contributed by atoms with Crippen LogP contribution in [0.1, 0.15) is 39.5 Å². The molecule has 0 saturated heterocycles. The summed E-state index contributed by atoms with van der Waals surface area (Å²) in [5, 5.41) is 19.3. The highest BCUT2D eigenvalue weighted by Crippen LogP contribution is 2.48. The molecule has 0 amide bonds. The Balaban J connectivity index is 2.89. The van der Waals surface area contributed by atoms with Gasteiger partial charge in [-0.25, -0.2) is 0 Å². The van der Waals surface area contributed by atoms with Crippen molar-refractivity contribution in [1.29, 1.82) is 0 Å². The van der Waals surface area contributed by atoms with Gasteiger partial charge in [-0.2, -0.15) is 0 Å². The highest BCUT2D eigenvalue weighted by atomic mass is 16.3. The number of aliphatic hydroxyl groups is 2. The third kappa shape index (κ3) is 2.01. The molecule has 0 radical (unpaired) electrons. The summed E-state index contributed by atoms with van der Waals surface area (Å²) >= 11 is 0. The Kier molecular flexibility index (Phi) is 3.38. The fraction of sp³-hybridized carbons (Fsp3) is 0.833. The molecule has 14 heavy (non-hydrogen) atoms. The first-order chi connectivity index (χ1) is 6.46. The van der Waals surface area contributed by atoms with Crippen LogP contribution in [0.4, 0.5) is 0 Å². The minimum absolute atomic E-state index is 0.0233. The van der Waals surface area contributed by atoms with E-state index in [2.05, 4.69) is 13.5 Å². The molecule has 82 valence electrons. The summed E-state index contributed by atoms with van der Waals surface area (Å²) in [5.74, 6) is 0.131. The van der Waals surface area contributed by atoms with Crippen LogP contribution in [0.2, 0.25) is 0 Å². The Morgan fingerprint density at radius 2 is 2.07 bits per heavy atom. The van der Waals surface area contributed by atoms with Crippen LogP contribution in [-0.4, -0.2) is 22.4 Å². The molecule has 1 unspecified atom stereocenters. The molecule has 0 bridgehead atoms. The first-order valence-corrected chi connectivity index (χ1v) is 5.43. The fourth-order valence-corrected chi connectivity index (χ4v) is 2.90. The Bertz CT molecular complexity index is 210. The quantitative estimate of drug-likeness (QED) is 0.682. The van der Waals surface area contributed by atoms with Crippen LogP contribution in [0.15, 0.2) is 12.7 Å². The molecule has 0 aromatic heterocycles. The molecule has 0 aromatic rings. The molecule has 1 aliphatic rings. The fourth-order valence-electron chi connectivity index (χ4n) is 2.90. The third-order valence-corrected chi connectivity index (χ3v) is 3.83. The second kappa shape index (κ2) is 4.03. The molecule has 2 heteroatoms. The number of hydrogen-bond acceptors (Lipinski definition) is 2. The number of aliphatic hydroxyl groups excluding tert-OH is 1. The van der Waals surface area contributed by atoms with Crippen molar-refractivity contribution in [1.82, 2.24) is 0 Å². The molecule has 0 heterocycles. The number of hydrogen-bond donors (Lipinski definition) is 2. The van der Waals surface area contributed by atoms with Crippen LogP contribution in [0.5, 0.6) is 0 Å². The highest BCUT2D eigenvalue weighted by molar-refractivity contribution is 5.05. The van der Waals surface area contributed by atoms with Crippen molar-refractivity contribution >= 4 is 0 Å². The maximum atomic E-state index is 10.3. The average Bonchev–Trinajstić information content (AvgIpc) is 2.11. The monoisotopic (exact) mass is 198 g/mol. The summed E-state index contributed by atoms with van der Waals surface area (Å²) in [4.78, 5) is 0. The average molecular weight is 198 g/mol. The van der Waals surface area contributed by atoms with E-state index in [0.29, 0.717) is 6.42 Å². The Morgan fingerprint density at radius 1 is 1.43 bits per heavy atom. The summed E-state index contributed by atoms with van der Waals surface area (Å²) in [7, 11) is 0. The lowest BCUT2D eigenvalue weighted by Crippen LogP contribution is -2.47. The summed E-state index contributed by atoms with van der Waals surface area (Å²) in [5.41, 5.74) is -0.672. The number of rotatable bonds is 3. The van der Waals surface area contributed by atoms with Crippen molar-refractivity contribution < 1.29 is 10.2 Å². The van der Waals surface area contributed by atoms with Crippen LogP contribution < -0.4 is 0 Å². The van der Waals surface area contributed by atoms with Crippen molar-refractivity contribution in [3.8, 4) is 0 Å². The van der Waals surface area contributed by atoms with Crippen molar-refractivity contribution in [2.45, 2.75) is 45.1 Å². The zero-order chi connectivity index (χ0) is 10.8. The Morgan fingerprint density at radius 3 is 2.57 bits per heavy atom. The molecule has 3 atom stereocenters. The van der Waals surface area contributed by atoms with E-state index < -0.39 is 5.60 Å². The minimum Gasteiger partial charge on any atom is -0.396 e. The van der Waals surface area contributed by atoms with Gasteiger partial charge in [-0.3, -0.25) is 0 Å². The second-order valence-electron chi connectivity index (χ2n) is 4.99. The molecule has 1 aliphatic carbocycles. The maximum absolute atomic E-state index is 10.3. The predicted molar refractivity (Wildman–Crippen MR) is 58.0 cm³/mol. The first-order valence-electron chi connectivity index (χ1n) is 5.43. The highest BCUT2D eigenvalue weighted by Gasteiger charge is 2.45. The van der Waals surface area contributed by atoms with E-state index in [1.54, 1.807) is 0 Å². The molecular weight excluding hydrogens is 176 g/mol. The predicted octanol–water partition coefficient (Wildman–Crippen LogP) is 2.11. The van der Waals surface area contributed by atoms with Gasteiger partial charge in [0.05, 0.1) is 5.60 Å². The van der Waals surface area contributed by atoms with Gasteiger partial charge < -0.3 is 10.2 Å². The maximum Gasteiger partial charge on any atom is 0.0656 e. The van der Waals surface area contributed by atoms with Crippen LogP contribution in [0, 0.1) is 11.3 Å². The van der Waals surface area contributed by atoms with Gasteiger partial charge in [0.2, 0.25) is 0 Å². The second-order valence-corrected chi connectivity index (χ2v) is 4.99. The van der Waals surface area contributed by atoms with Crippen LogP contribution >= 0.6 is 0 Å². The normalized spacial score (nSPS) is 43.6. The van der Waals surface area contributed by atoms with Crippen molar-refractivity contribution in [2.75, 3.05) is 6.61 Å². The SMILES string of the molecule is C=C[C@]1(C)CCCC(C)(O)[C@H]1CCO. The van der Waals surface area contributed by atoms with Gasteiger partial charge >= 0.3 is 0 Å². The zero-order valence-electron chi connectivity index (χ0n) is 9.29. The van der Waals surface area contributed by atoms with Gasteiger partial charge in [0.1, 0.15) is 0 Å². The molecule has 0 aromatic carbocycles. The third-order valence-electron chi connectivity index (χ3n) is 3.83. The molecule has 0 spiro atoms. The van der Waals surface area contributed by atoms with E-state index in [1.807, 2.05) is 13.0 Å². The van der Waals surface area contributed by atoms with E-state index in [1.165, 1.54) is 0 Å².